The molecule has 0 fully saturated rings. The molecule has 0 aliphatic rings. The first kappa shape index (κ1) is 13.4. The lowest BCUT2D eigenvalue weighted by Gasteiger charge is -2.32. The molecule has 0 amide bonds. The molecule has 0 aliphatic carbocycles. The van der Waals surface area contributed by atoms with Gasteiger partial charge in [-0.3, -0.25) is 4.90 Å². The van der Waals surface area contributed by atoms with Crippen LogP contribution in [-0.2, 0) is 4.74 Å². The molecule has 0 aromatic rings. The average Bonchev–Trinajstić information content (AvgIpc) is 2.05. The van der Waals surface area contributed by atoms with Crippen molar-refractivity contribution in [1.82, 2.24) is 4.90 Å². The smallest absolute Gasteiger partial charge is 0.0615 e. The quantitative estimate of drug-likeness (QED) is 0.645. The molecule has 1 unspecified atom stereocenters. The van der Waals surface area contributed by atoms with E-state index in [4.69, 9.17) is 4.74 Å². The number of hydrogen-bond acceptors (Lipinski definition) is 2. The van der Waals surface area contributed by atoms with Gasteiger partial charge in [-0.05, 0) is 33.7 Å². The largest absolute Gasteiger partial charge is 0.383 e. The maximum Gasteiger partial charge on any atom is 0.0615 e. The van der Waals surface area contributed by atoms with Crippen LogP contribution in [0.5, 0.6) is 0 Å². The fraction of sp³-hybridized carbons (Fsp3) is 1.00. The summed E-state index contributed by atoms with van der Waals surface area (Å²) in [4.78, 5) is 2.48. The number of nitrogens with zero attached hydrogens (tertiary/aromatic N) is 1. The van der Waals surface area contributed by atoms with Crippen molar-refractivity contribution in [2.24, 2.45) is 0 Å². The molecule has 13 heavy (non-hydrogen) atoms. The van der Waals surface area contributed by atoms with Crippen molar-refractivity contribution in [1.29, 1.82) is 0 Å². The van der Waals surface area contributed by atoms with Gasteiger partial charge in [-0.1, -0.05) is 15.9 Å². The van der Waals surface area contributed by atoms with Gasteiger partial charge in [0.2, 0.25) is 0 Å². The van der Waals surface area contributed by atoms with Crippen molar-refractivity contribution in [2.45, 2.75) is 39.3 Å². The highest BCUT2D eigenvalue weighted by Crippen LogP contribution is 2.07. The average molecular weight is 252 g/mol. The lowest BCUT2D eigenvalue weighted by Crippen LogP contribution is -2.41. The Morgan fingerprint density at radius 1 is 1.31 bits per heavy atom. The normalized spacial score (nSPS) is 14.1. The summed E-state index contributed by atoms with van der Waals surface area (Å²) in [7, 11) is 1.76. The first-order chi connectivity index (χ1) is 6.13. The van der Waals surface area contributed by atoms with Crippen LogP contribution in [0, 0.1) is 0 Å². The first-order valence-corrected chi connectivity index (χ1v) is 6.06. The van der Waals surface area contributed by atoms with Gasteiger partial charge in [-0.15, -0.1) is 0 Å². The third-order valence-corrected chi connectivity index (χ3v) is 2.75. The molecule has 0 N–H and O–H groups in total. The van der Waals surface area contributed by atoms with Crippen molar-refractivity contribution in [3.8, 4) is 0 Å². The van der Waals surface area contributed by atoms with Crippen molar-refractivity contribution in [3.05, 3.63) is 0 Å². The van der Waals surface area contributed by atoms with Gasteiger partial charge < -0.3 is 4.74 Å². The second kappa shape index (κ2) is 7.77. The summed E-state index contributed by atoms with van der Waals surface area (Å²) < 4.78 is 5.16. The highest BCUT2D eigenvalue weighted by atomic mass is 79.9. The number of ether oxygens (including phenoxy) is 1. The number of rotatable bonds is 7. The predicted octanol–water partition coefficient (Wildman–Crippen LogP) is 2.52. The van der Waals surface area contributed by atoms with E-state index in [0.29, 0.717) is 12.1 Å². The summed E-state index contributed by atoms with van der Waals surface area (Å²) in [6.45, 7) is 8.66. The van der Waals surface area contributed by atoms with Crippen LogP contribution in [0.4, 0.5) is 0 Å². The molecule has 2 nitrogen and oxygen atoms in total. The Kier molecular flexibility index (Phi) is 8.01. The van der Waals surface area contributed by atoms with E-state index in [2.05, 4.69) is 41.6 Å². The van der Waals surface area contributed by atoms with Crippen molar-refractivity contribution < 1.29 is 4.74 Å². The molecule has 80 valence electrons. The maximum atomic E-state index is 5.16. The Bertz CT molecular complexity index is 119. The molecule has 0 saturated heterocycles. The molecule has 0 aromatic carbocycles. The summed E-state index contributed by atoms with van der Waals surface area (Å²) >= 11 is 3.46. The number of halogens is 1. The number of methoxy groups -OCH3 is 1. The molecule has 3 heteroatoms. The van der Waals surface area contributed by atoms with Gasteiger partial charge in [0.15, 0.2) is 0 Å². The lowest BCUT2D eigenvalue weighted by molar-refractivity contribution is 0.0797. The van der Waals surface area contributed by atoms with Crippen molar-refractivity contribution in [3.63, 3.8) is 0 Å². The molecule has 0 bridgehead atoms. The molecule has 0 aliphatic heterocycles. The molecule has 1 atom stereocenters. The molecular formula is C10H22BrNO. The minimum Gasteiger partial charge on any atom is -0.383 e. The Hall–Kier alpha value is 0.400. The van der Waals surface area contributed by atoms with Gasteiger partial charge in [0.1, 0.15) is 0 Å². The van der Waals surface area contributed by atoms with Crippen LogP contribution >= 0.6 is 15.9 Å². The summed E-state index contributed by atoms with van der Waals surface area (Å²) in [5.74, 6) is 0. The highest BCUT2D eigenvalue weighted by molar-refractivity contribution is 9.09. The number of hydrogen-bond donors (Lipinski definition) is 0. The molecule has 0 saturated carbocycles. The van der Waals surface area contributed by atoms with Crippen LogP contribution in [0.1, 0.15) is 27.2 Å². The zero-order valence-electron chi connectivity index (χ0n) is 9.22. The molecule has 0 radical (unpaired) electrons. The van der Waals surface area contributed by atoms with Crippen molar-refractivity contribution >= 4 is 15.9 Å². The van der Waals surface area contributed by atoms with Crippen LogP contribution in [-0.4, -0.2) is 42.6 Å². The van der Waals surface area contributed by atoms with E-state index < -0.39 is 0 Å². The van der Waals surface area contributed by atoms with Gasteiger partial charge in [0.25, 0.3) is 0 Å². The standard InChI is InChI=1S/C10H22BrNO/c1-9(2)12(7-5-6-11)10(3)8-13-4/h9-10H,5-8H2,1-4H3. The second-order valence-corrected chi connectivity index (χ2v) is 4.47. The van der Waals surface area contributed by atoms with E-state index in [9.17, 15) is 0 Å². The summed E-state index contributed by atoms with van der Waals surface area (Å²) in [5.41, 5.74) is 0. The zero-order chi connectivity index (χ0) is 10.3. The summed E-state index contributed by atoms with van der Waals surface area (Å²) in [5, 5.41) is 1.08. The summed E-state index contributed by atoms with van der Waals surface area (Å²) in [6.07, 6.45) is 1.20. The van der Waals surface area contributed by atoms with Gasteiger partial charge in [0, 0.05) is 24.5 Å². The SMILES string of the molecule is COCC(C)N(CCCBr)C(C)C. The fourth-order valence-electron chi connectivity index (χ4n) is 1.57. The predicted molar refractivity (Wildman–Crippen MR) is 61.6 cm³/mol. The van der Waals surface area contributed by atoms with Gasteiger partial charge in [0.05, 0.1) is 6.61 Å². The van der Waals surface area contributed by atoms with Crippen LogP contribution in [0.15, 0.2) is 0 Å². The minimum atomic E-state index is 0.518. The Balaban J connectivity index is 3.91. The van der Waals surface area contributed by atoms with Crippen LogP contribution < -0.4 is 0 Å². The minimum absolute atomic E-state index is 0.518. The van der Waals surface area contributed by atoms with Crippen LogP contribution in [0.3, 0.4) is 0 Å². The molecule has 0 spiro atoms. The third-order valence-electron chi connectivity index (χ3n) is 2.19. The van der Waals surface area contributed by atoms with E-state index in [1.165, 1.54) is 6.42 Å². The van der Waals surface area contributed by atoms with E-state index in [-0.39, 0.29) is 0 Å². The summed E-state index contributed by atoms with van der Waals surface area (Å²) in [6, 6.07) is 1.12. The Morgan fingerprint density at radius 3 is 2.31 bits per heavy atom. The van der Waals surface area contributed by atoms with Gasteiger partial charge >= 0.3 is 0 Å². The van der Waals surface area contributed by atoms with E-state index in [1.807, 2.05) is 0 Å². The highest BCUT2D eigenvalue weighted by Gasteiger charge is 2.15. The van der Waals surface area contributed by atoms with Gasteiger partial charge in [-0.2, -0.15) is 0 Å². The molecule has 0 heterocycles. The number of alkyl halides is 1. The Labute approximate surface area is 90.8 Å². The van der Waals surface area contributed by atoms with Crippen molar-refractivity contribution in [2.75, 3.05) is 25.6 Å². The lowest BCUT2D eigenvalue weighted by atomic mass is 10.2. The molecule has 0 rings (SSSR count). The van der Waals surface area contributed by atoms with E-state index in [1.54, 1.807) is 7.11 Å². The topological polar surface area (TPSA) is 12.5 Å². The van der Waals surface area contributed by atoms with Crippen LogP contribution in [0.25, 0.3) is 0 Å². The first-order valence-electron chi connectivity index (χ1n) is 4.94. The maximum absolute atomic E-state index is 5.16. The zero-order valence-corrected chi connectivity index (χ0v) is 10.8. The van der Waals surface area contributed by atoms with Gasteiger partial charge in [-0.25, -0.2) is 0 Å². The molecule has 0 aromatic heterocycles. The fourth-order valence-corrected chi connectivity index (χ4v) is 1.82. The monoisotopic (exact) mass is 251 g/mol. The Morgan fingerprint density at radius 2 is 1.92 bits per heavy atom. The second-order valence-electron chi connectivity index (χ2n) is 3.68. The third kappa shape index (κ3) is 5.66. The van der Waals surface area contributed by atoms with E-state index >= 15 is 0 Å². The van der Waals surface area contributed by atoms with Crippen LogP contribution in [0.2, 0.25) is 0 Å². The molecular weight excluding hydrogens is 230 g/mol. The van der Waals surface area contributed by atoms with E-state index in [0.717, 1.165) is 18.5 Å².